The molecule has 1 amide bonds. The summed E-state index contributed by atoms with van der Waals surface area (Å²) in [5.74, 6) is -1.22. The molecule has 1 heterocycles. The highest BCUT2D eigenvalue weighted by molar-refractivity contribution is 5.86. The van der Waals surface area contributed by atoms with Crippen LogP contribution in [-0.4, -0.2) is 40.5 Å². The third-order valence-corrected chi connectivity index (χ3v) is 2.59. The van der Waals surface area contributed by atoms with Crippen molar-refractivity contribution in [3.8, 4) is 0 Å². The van der Waals surface area contributed by atoms with E-state index in [0.29, 0.717) is 13.0 Å². The normalized spacial score (nSPS) is 25.7. The second-order valence-corrected chi connectivity index (χ2v) is 3.65. The summed E-state index contributed by atoms with van der Waals surface area (Å²) >= 11 is 0. The van der Waals surface area contributed by atoms with E-state index in [9.17, 15) is 9.59 Å². The Morgan fingerprint density at radius 3 is 2.86 bits per heavy atom. The molecule has 1 rings (SSSR count). The number of nitrogens with two attached hydrogens (primary N) is 1. The maximum Gasteiger partial charge on any atom is 0.326 e. The van der Waals surface area contributed by atoms with Crippen LogP contribution in [0, 0.1) is 0 Å². The van der Waals surface area contributed by atoms with Crippen LogP contribution in [0.2, 0.25) is 0 Å². The van der Waals surface area contributed by atoms with Gasteiger partial charge in [-0.1, -0.05) is 0 Å². The summed E-state index contributed by atoms with van der Waals surface area (Å²) in [6, 6.07) is -1.30. The van der Waals surface area contributed by atoms with E-state index in [-0.39, 0.29) is 5.91 Å². The number of amides is 1. The first-order valence-corrected chi connectivity index (χ1v) is 4.83. The molecular formula is C9H16N2O3. The maximum absolute atomic E-state index is 11.6. The van der Waals surface area contributed by atoms with E-state index >= 15 is 0 Å². The lowest BCUT2D eigenvalue weighted by molar-refractivity contribution is -0.149. The average Bonchev–Trinajstić information content (AvgIpc) is 2.29. The summed E-state index contributed by atoms with van der Waals surface area (Å²) in [4.78, 5) is 23.7. The van der Waals surface area contributed by atoms with Crippen LogP contribution in [0.25, 0.3) is 0 Å². The highest BCUT2D eigenvalue weighted by Gasteiger charge is 2.30. The van der Waals surface area contributed by atoms with Crippen molar-refractivity contribution in [2.24, 2.45) is 5.73 Å². The molecule has 14 heavy (non-hydrogen) atoms. The molecule has 1 aliphatic rings. The van der Waals surface area contributed by atoms with Gasteiger partial charge in [-0.3, -0.25) is 4.79 Å². The Labute approximate surface area is 82.9 Å². The highest BCUT2D eigenvalue weighted by Crippen LogP contribution is 2.13. The van der Waals surface area contributed by atoms with E-state index in [0.717, 1.165) is 12.8 Å². The average molecular weight is 200 g/mol. The van der Waals surface area contributed by atoms with Gasteiger partial charge in [-0.25, -0.2) is 4.79 Å². The molecule has 3 N–H and O–H groups in total. The van der Waals surface area contributed by atoms with E-state index < -0.39 is 18.1 Å². The summed E-state index contributed by atoms with van der Waals surface area (Å²) in [6.45, 7) is 2.01. The molecule has 1 unspecified atom stereocenters. The second kappa shape index (κ2) is 4.41. The van der Waals surface area contributed by atoms with Gasteiger partial charge in [0.1, 0.15) is 6.04 Å². The fourth-order valence-electron chi connectivity index (χ4n) is 1.61. The second-order valence-electron chi connectivity index (χ2n) is 3.65. The van der Waals surface area contributed by atoms with Crippen molar-refractivity contribution in [2.75, 3.05) is 6.54 Å². The van der Waals surface area contributed by atoms with Crippen molar-refractivity contribution in [1.29, 1.82) is 0 Å². The Kier molecular flexibility index (Phi) is 3.46. The lowest BCUT2D eigenvalue weighted by Crippen LogP contribution is -2.49. The molecule has 0 aromatic carbocycles. The zero-order valence-electron chi connectivity index (χ0n) is 8.27. The molecule has 1 fully saturated rings. The molecule has 0 radical (unpaired) electrons. The van der Waals surface area contributed by atoms with Crippen molar-refractivity contribution in [3.63, 3.8) is 0 Å². The highest BCUT2D eigenvalue weighted by atomic mass is 16.4. The first-order chi connectivity index (χ1) is 6.54. The van der Waals surface area contributed by atoms with Crippen LogP contribution in [0.1, 0.15) is 26.2 Å². The van der Waals surface area contributed by atoms with E-state index in [1.54, 1.807) is 0 Å². The Morgan fingerprint density at radius 1 is 1.64 bits per heavy atom. The zero-order valence-corrected chi connectivity index (χ0v) is 8.27. The first-order valence-electron chi connectivity index (χ1n) is 4.83. The summed E-state index contributed by atoms with van der Waals surface area (Å²) in [5.41, 5.74) is 5.62. The summed E-state index contributed by atoms with van der Waals surface area (Å²) < 4.78 is 0. The molecule has 80 valence electrons. The van der Waals surface area contributed by atoms with Crippen molar-refractivity contribution >= 4 is 11.9 Å². The third kappa shape index (κ3) is 2.23. The molecule has 0 aromatic heterocycles. The number of likely N-dealkylation sites (tertiary alicyclic amines) is 1. The van der Waals surface area contributed by atoms with Crippen molar-refractivity contribution in [1.82, 2.24) is 4.90 Å². The van der Waals surface area contributed by atoms with Crippen LogP contribution >= 0.6 is 0 Å². The van der Waals surface area contributed by atoms with Gasteiger partial charge in [0.05, 0.1) is 6.04 Å². The lowest BCUT2D eigenvalue weighted by atomic mass is 10.1. The van der Waals surface area contributed by atoms with Crippen molar-refractivity contribution in [2.45, 2.75) is 38.3 Å². The minimum absolute atomic E-state index is 0.239. The Morgan fingerprint density at radius 2 is 2.29 bits per heavy atom. The molecule has 0 saturated carbocycles. The number of rotatable bonds is 2. The van der Waals surface area contributed by atoms with E-state index in [4.69, 9.17) is 10.8 Å². The van der Waals surface area contributed by atoms with Gasteiger partial charge in [-0.2, -0.15) is 0 Å². The fraction of sp³-hybridized carbons (Fsp3) is 0.778. The predicted molar refractivity (Wildman–Crippen MR) is 50.6 cm³/mol. The van der Waals surface area contributed by atoms with Crippen LogP contribution in [0.3, 0.4) is 0 Å². The maximum atomic E-state index is 11.6. The number of carboxylic acid groups (broad SMARTS) is 1. The Balaban J connectivity index is 2.74. The largest absolute Gasteiger partial charge is 0.480 e. The van der Waals surface area contributed by atoms with Crippen LogP contribution < -0.4 is 5.73 Å². The molecule has 0 bridgehead atoms. The van der Waals surface area contributed by atoms with E-state index in [1.807, 2.05) is 0 Å². The van der Waals surface area contributed by atoms with Gasteiger partial charge in [0.15, 0.2) is 0 Å². The smallest absolute Gasteiger partial charge is 0.326 e. The quantitative estimate of drug-likeness (QED) is 0.646. The SMILES string of the molecule is CC(C(=O)O)N1CCCC[C@H](N)C1=O. The van der Waals surface area contributed by atoms with Gasteiger partial charge in [0.2, 0.25) is 5.91 Å². The van der Waals surface area contributed by atoms with Gasteiger partial charge in [-0.15, -0.1) is 0 Å². The molecular weight excluding hydrogens is 184 g/mol. The summed E-state index contributed by atoms with van der Waals surface area (Å²) in [7, 11) is 0. The number of carbonyl (C=O) groups is 2. The van der Waals surface area contributed by atoms with Gasteiger partial charge in [0.25, 0.3) is 0 Å². The molecule has 1 aliphatic heterocycles. The molecule has 1 saturated heterocycles. The molecule has 0 aliphatic carbocycles. The number of hydrogen-bond donors (Lipinski definition) is 2. The monoisotopic (exact) mass is 200 g/mol. The topological polar surface area (TPSA) is 83.6 Å². The molecule has 2 atom stereocenters. The molecule has 0 spiro atoms. The standard InChI is InChI=1S/C9H16N2O3/c1-6(9(13)14)11-5-3-2-4-7(10)8(11)12/h6-7H,2-5,10H2,1H3,(H,13,14)/t6?,7-/m0/s1. The van der Waals surface area contributed by atoms with Gasteiger partial charge >= 0.3 is 5.97 Å². The third-order valence-electron chi connectivity index (χ3n) is 2.59. The number of hydrogen-bond acceptors (Lipinski definition) is 3. The van der Waals surface area contributed by atoms with Crippen LogP contribution in [0.15, 0.2) is 0 Å². The number of carbonyl (C=O) groups excluding carboxylic acids is 1. The lowest BCUT2D eigenvalue weighted by Gasteiger charge is -2.26. The molecule has 5 nitrogen and oxygen atoms in total. The number of aliphatic carboxylic acids is 1. The zero-order chi connectivity index (χ0) is 10.7. The fourth-order valence-corrected chi connectivity index (χ4v) is 1.61. The molecule has 0 aromatic rings. The van der Waals surface area contributed by atoms with Gasteiger partial charge < -0.3 is 15.7 Å². The summed E-state index contributed by atoms with van der Waals surface area (Å²) in [5, 5.41) is 8.80. The van der Waals surface area contributed by atoms with E-state index in [2.05, 4.69) is 0 Å². The Bertz CT molecular complexity index is 242. The Hall–Kier alpha value is -1.10. The number of nitrogens with zero attached hydrogens (tertiary/aromatic N) is 1. The van der Waals surface area contributed by atoms with E-state index in [1.165, 1.54) is 11.8 Å². The first kappa shape index (κ1) is 11.0. The van der Waals surface area contributed by atoms with Crippen LogP contribution in [0.4, 0.5) is 0 Å². The predicted octanol–water partition coefficient (Wildman–Crippen LogP) is -0.201. The van der Waals surface area contributed by atoms with Crippen LogP contribution in [-0.2, 0) is 9.59 Å². The van der Waals surface area contributed by atoms with Crippen LogP contribution in [0.5, 0.6) is 0 Å². The minimum atomic E-state index is -0.979. The van der Waals surface area contributed by atoms with Gasteiger partial charge in [0, 0.05) is 6.54 Å². The van der Waals surface area contributed by atoms with Gasteiger partial charge in [-0.05, 0) is 26.2 Å². The minimum Gasteiger partial charge on any atom is -0.480 e. The summed E-state index contributed by atoms with van der Waals surface area (Å²) in [6.07, 6.45) is 2.37. The van der Waals surface area contributed by atoms with Crippen molar-refractivity contribution < 1.29 is 14.7 Å². The van der Waals surface area contributed by atoms with Crippen molar-refractivity contribution in [3.05, 3.63) is 0 Å². The number of carboxylic acids is 1. The molecule has 5 heteroatoms.